The van der Waals surface area contributed by atoms with Crippen LogP contribution in [0.25, 0.3) is 0 Å². The monoisotopic (exact) mass is 392 g/mol. The van der Waals surface area contributed by atoms with Crippen LogP contribution in [0, 0.1) is 0 Å². The summed E-state index contributed by atoms with van der Waals surface area (Å²) in [6.45, 7) is 0. The highest BCUT2D eigenvalue weighted by molar-refractivity contribution is 7.91. The van der Waals surface area contributed by atoms with Gasteiger partial charge in [-0.3, -0.25) is 4.79 Å². The zero-order valence-corrected chi connectivity index (χ0v) is 15.7. The Morgan fingerprint density at radius 3 is 2.70 bits per heavy atom. The van der Waals surface area contributed by atoms with E-state index in [9.17, 15) is 13.2 Å². The number of anilines is 2. The first-order valence-corrected chi connectivity index (χ1v) is 10.1. The average molecular weight is 392 g/mol. The number of amides is 1. The number of methoxy groups -OCH3 is 2. The van der Waals surface area contributed by atoms with E-state index in [1.165, 1.54) is 19.4 Å². The molecule has 1 atom stereocenters. The zero-order valence-electron chi connectivity index (χ0n) is 14.9. The van der Waals surface area contributed by atoms with Gasteiger partial charge in [0.15, 0.2) is 9.84 Å². The molecule has 1 unspecified atom stereocenters. The summed E-state index contributed by atoms with van der Waals surface area (Å²) in [5.41, 5.74) is 0.718. The van der Waals surface area contributed by atoms with E-state index in [0.717, 1.165) is 0 Å². The van der Waals surface area contributed by atoms with E-state index in [1.807, 2.05) is 0 Å². The lowest BCUT2D eigenvalue weighted by Gasteiger charge is -2.13. The Bertz CT molecular complexity index is 948. The number of aromatic nitrogens is 2. The second kappa shape index (κ2) is 7.78. The van der Waals surface area contributed by atoms with Crippen molar-refractivity contribution in [2.75, 3.05) is 31.0 Å². The molecular formula is C17H20N4O5S. The third-order valence-corrected chi connectivity index (χ3v) is 5.88. The SMILES string of the molecule is COc1ccc(OC)c(Nc2nccc(C(=O)NC3CCS(=O)(=O)C3)n2)c1. The molecular weight excluding hydrogens is 372 g/mol. The van der Waals surface area contributed by atoms with Gasteiger partial charge in [-0.25, -0.2) is 18.4 Å². The summed E-state index contributed by atoms with van der Waals surface area (Å²) >= 11 is 0. The van der Waals surface area contributed by atoms with Gasteiger partial charge in [0.2, 0.25) is 5.95 Å². The van der Waals surface area contributed by atoms with Crippen LogP contribution >= 0.6 is 0 Å². The van der Waals surface area contributed by atoms with Gasteiger partial charge in [-0.05, 0) is 24.6 Å². The highest BCUT2D eigenvalue weighted by Gasteiger charge is 2.29. The number of carbonyl (C=O) groups is 1. The maximum atomic E-state index is 12.4. The predicted molar refractivity (Wildman–Crippen MR) is 99.4 cm³/mol. The molecule has 1 aliphatic rings. The summed E-state index contributed by atoms with van der Waals surface area (Å²) in [4.78, 5) is 20.7. The van der Waals surface area contributed by atoms with Crippen LogP contribution in [0.15, 0.2) is 30.5 Å². The van der Waals surface area contributed by atoms with Gasteiger partial charge in [-0.1, -0.05) is 0 Å². The lowest BCUT2D eigenvalue weighted by Crippen LogP contribution is -2.36. The highest BCUT2D eigenvalue weighted by Crippen LogP contribution is 2.30. The molecule has 10 heteroatoms. The normalized spacial score (nSPS) is 17.9. The lowest BCUT2D eigenvalue weighted by atomic mass is 10.2. The predicted octanol–water partition coefficient (Wildman–Crippen LogP) is 1.15. The van der Waals surface area contributed by atoms with Crippen LogP contribution in [-0.4, -0.2) is 56.1 Å². The number of rotatable bonds is 6. The summed E-state index contributed by atoms with van der Waals surface area (Å²) in [5, 5.41) is 5.70. The first kappa shape index (κ1) is 18.9. The van der Waals surface area contributed by atoms with Crippen molar-refractivity contribution >= 4 is 27.4 Å². The fourth-order valence-corrected chi connectivity index (χ4v) is 4.42. The van der Waals surface area contributed by atoms with Crippen molar-refractivity contribution in [2.45, 2.75) is 12.5 Å². The number of hydrogen-bond donors (Lipinski definition) is 2. The Labute approximate surface area is 157 Å². The number of carbonyl (C=O) groups excluding carboxylic acids is 1. The van der Waals surface area contributed by atoms with Crippen molar-refractivity contribution in [2.24, 2.45) is 0 Å². The van der Waals surface area contributed by atoms with Gasteiger partial charge in [0.25, 0.3) is 5.91 Å². The van der Waals surface area contributed by atoms with Crippen molar-refractivity contribution in [1.29, 1.82) is 0 Å². The summed E-state index contributed by atoms with van der Waals surface area (Å²) in [6, 6.07) is 6.28. The molecule has 2 heterocycles. The molecule has 0 saturated carbocycles. The molecule has 0 bridgehead atoms. The van der Waals surface area contributed by atoms with Crippen LogP contribution in [-0.2, 0) is 9.84 Å². The molecule has 144 valence electrons. The van der Waals surface area contributed by atoms with Crippen molar-refractivity contribution in [3.05, 3.63) is 36.2 Å². The molecule has 0 aliphatic carbocycles. The molecule has 0 spiro atoms. The van der Waals surface area contributed by atoms with E-state index in [2.05, 4.69) is 20.6 Å². The maximum absolute atomic E-state index is 12.4. The van der Waals surface area contributed by atoms with Gasteiger partial charge in [-0.2, -0.15) is 0 Å². The highest BCUT2D eigenvalue weighted by atomic mass is 32.2. The molecule has 1 aliphatic heterocycles. The standard InChI is InChI=1S/C17H20N4O5S/c1-25-12-3-4-15(26-2)14(9-12)21-17-18-7-5-13(20-17)16(22)19-11-6-8-27(23,24)10-11/h3-5,7,9,11H,6,8,10H2,1-2H3,(H,19,22)(H,18,20,21). The third kappa shape index (κ3) is 4.64. The average Bonchev–Trinajstić information content (AvgIpc) is 3.00. The number of nitrogens with zero attached hydrogens (tertiary/aromatic N) is 2. The summed E-state index contributed by atoms with van der Waals surface area (Å²) in [6.07, 6.45) is 1.85. The van der Waals surface area contributed by atoms with E-state index in [4.69, 9.17) is 9.47 Å². The molecule has 3 rings (SSSR count). The van der Waals surface area contributed by atoms with Gasteiger partial charge < -0.3 is 20.1 Å². The lowest BCUT2D eigenvalue weighted by molar-refractivity contribution is 0.0936. The van der Waals surface area contributed by atoms with Crippen molar-refractivity contribution in [1.82, 2.24) is 15.3 Å². The van der Waals surface area contributed by atoms with Crippen LogP contribution < -0.4 is 20.1 Å². The molecule has 1 aromatic carbocycles. The van der Waals surface area contributed by atoms with E-state index >= 15 is 0 Å². The summed E-state index contributed by atoms with van der Waals surface area (Å²) in [5.74, 6) is 0.980. The fourth-order valence-electron chi connectivity index (χ4n) is 2.75. The zero-order chi connectivity index (χ0) is 19.4. The minimum absolute atomic E-state index is 0.0457. The number of benzene rings is 1. The number of sulfone groups is 1. The van der Waals surface area contributed by atoms with E-state index in [0.29, 0.717) is 23.6 Å². The van der Waals surface area contributed by atoms with Crippen molar-refractivity contribution < 1.29 is 22.7 Å². The molecule has 1 fully saturated rings. The minimum atomic E-state index is -3.07. The van der Waals surface area contributed by atoms with Crippen LogP contribution in [0.4, 0.5) is 11.6 Å². The van der Waals surface area contributed by atoms with Gasteiger partial charge in [0, 0.05) is 18.3 Å². The van der Waals surface area contributed by atoms with Crippen LogP contribution in [0.5, 0.6) is 11.5 Å². The van der Waals surface area contributed by atoms with E-state index in [1.54, 1.807) is 25.3 Å². The van der Waals surface area contributed by atoms with Gasteiger partial charge in [0.05, 0.1) is 31.4 Å². The smallest absolute Gasteiger partial charge is 0.270 e. The molecule has 1 aromatic heterocycles. The number of nitrogens with one attached hydrogen (secondary N) is 2. The summed E-state index contributed by atoms with van der Waals surface area (Å²) in [7, 11) is 0.0149. The Hall–Kier alpha value is -2.88. The van der Waals surface area contributed by atoms with Crippen LogP contribution in [0.2, 0.25) is 0 Å². The Kier molecular flexibility index (Phi) is 5.45. The molecule has 2 N–H and O–H groups in total. The maximum Gasteiger partial charge on any atom is 0.270 e. The van der Waals surface area contributed by atoms with Crippen molar-refractivity contribution in [3.8, 4) is 11.5 Å². The van der Waals surface area contributed by atoms with E-state index in [-0.39, 0.29) is 23.1 Å². The summed E-state index contributed by atoms with van der Waals surface area (Å²) < 4.78 is 33.5. The fraction of sp³-hybridized carbons (Fsp3) is 0.353. The quantitative estimate of drug-likeness (QED) is 0.751. The third-order valence-electron chi connectivity index (χ3n) is 4.11. The second-order valence-corrected chi connectivity index (χ2v) is 8.26. The molecule has 0 radical (unpaired) electrons. The van der Waals surface area contributed by atoms with Gasteiger partial charge in [-0.15, -0.1) is 0 Å². The van der Waals surface area contributed by atoms with E-state index < -0.39 is 21.8 Å². The Morgan fingerprint density at radius 2 is 2.04 bits per heavy atom. The van der Waals surface area contributed by atoms with Gasteiger partial charge >= 0.3 is 0 Å². The van der Waals surface area contributed by atoms with Crippen LogP contribution in [0.1, 0.15) is 16.9 Å². The van der Waals surface area contributed by atoms with Gasteiger partial charge in [0.1, 0.15) is 17.2 Å². The largest absolute Gasteiger partial charge is 0.497 e. The number of ether oxygens (including phenoxy) is 2. The second-order valence-electron chi connectivity index (χ2n) is 6.03. The Morgan fingerprint density at radius 1 is 1.22 bits per heavy atom. The number of hydrogen-bond acceptors (Lipinski definition) is 8. The molecule has 9 nitrogen and oxygen atoms in total. The topological polar surface area (TPSA) is 120 Å². The molecule has 1 saturated heterocycles. The Balaban J connectivity index is 1.75. The van der Waals surface area contributed by atoms with Crippen molar-refractivity contribution in [3.63, 3.8) is 0 Å². The van der Waals surface area contributed by atoms with Crippen LogP contribution in [0.3, 0.4) is 0 Å². The minimum Gasteiger partial charge on any atom is -0.497 e. The molecule has 1 amide bonds. The first-order valence-electron chi connectivity index (χ1n) is 8.23. The first-order chi connectivity index (χ1) is 12.9. The molecule has 2 aromatic rings. The molecule has 27 heavy (non-hydrogen) atoms.